The zero-order valence-corrected chi connectivity index (χ0v) is 23.7. The molecule has 0 atom stereocenters. The van der Waals surface area contributed by atoms with Crippen LogP contribution in [0.4, 0.5) is 0 Å². The normalized spacial score (nSPS) is 10.8. The van der Waals surface area contributed by atoms with Crippen LogP contribution in [0.15, 0.2) is 85.5 Å². The molecule has 0 saturated heterocycles. The molecule has 3 aromatic rings. The van der Waals surface area contributed by atoms with Crippen LogP contribution in [-0.2, 0) is 0 Å². The number of benzene rings is 3. The van der Waals surface area contributed by atoms with E-state index in [1.165, 1.54) is 48.0 Å². The third kappa shape index (κ3) is 7.35. The quantitative estimate of drug-likeness (QED) is 0.173. The standard InChI is InChI=1S/C30H38O3P.BrH/c1-5-6-7-8-9-10-11-24-34(28-18-12-25(31-2)13-19-28,29-20-14-26(32-3)15-21-29)30-22-16-27(33-4)17-23-30;/h5,12-23H,1,6-11,24H2,2-4H3;1H/q+1;/p-1. The Labute approximate surface area is 222 Å². The predicted molar refractivity (Wildman–Crippen MR) is 148 cm³/mol. The molecule has 0 spiro atoms. The topological polar surface area (TPSA) is 27.7 Å². The average Bonchev–Trinajstić information content (AvgIpc) is 2.91. The summed E-state index contributed by atoms with van der Waals surface area (Å²) in [6, 6.07) is 26.1. The first-order chi connectivity index (χ1) is 16.7. The molecule has 0 aliphatic heterocycles. The molecule has 0 fully saturated rings. The van der Waals surface area contributed by atoms with E-state index in [1.807, 2.05) is 6.08 Å². The summed E-state index contributed by atoms with van der Waals surface area (Å²) in [5, 5.41) is 4.11. The Kier molecular flexibility index (Phi) is 12.4. The van der Waals surface area contributed by atoms with E-state index in [9.17, 15) is 0 Å². The molecule has 35 heavy (non-hydrogen) atoms. The third-order valence-electron chi connectivity index (χ3n) is 6.44. The van der Waals surface area contributed by atoms with Crippen molar-refractivity contribution in [3.8, 4) is 17.2 Å². The van der Waals surface area contributed by atoms with Crippen molar-refractivity contribution in [3.05, 3.63) is 85.5 Å². The van der Waals surface area contributed by atoms with E-state index in [-0.39, 0.29) is 17.0 Å². The molecule has 0 bridgehead atoms. The van der Waals surface area contributed by atoms with Crippen LogP contribution in [0.2, 0.25) is 0 Å². The fraction of sp³-hybridized carbons (Fsp3) is 0.333. The van der Waals surface area contributed by atoms with Gasteiger partial charge >= 0.3 is 0 Å². The zero-order chi connectivity index (χ0) is 24.2. The molecule has 3 rings (SSSR count). The number of rotatable bonds is 14. The minimum atomic E-state index is -1.89. The number of halogens is 1. The van der Waals surface area contributed by atoms with Crippen molar-refractivity contribution in [1.82, 2.24) is 0 Å². The molecular formula is C30H38BrO3P. The van der Waals surface area contributed by atoms with Crippen LogP contribution in [-0.4, -0.2) is 27.5 Å². The average molecular weight is 558 g/mol. The van der Waals surface area contributed by atoms with Gasteiger partial charge in [-0.15, -0.1) is 6.58 Å². The summed E-state index contributed by atoms with van der Waals surface area (Å²) in [7, 11) is 3.27. The second-order valence-electron chi connectivity index (χ2n) is 8.47. The van der Waals surface area contributed by atoms with Crippen LogP contribution in [0.25, 0.3) is 0 Å². The maximum absolute atomic E-state index is 5.47. The van der Waals surface area contributed by atoms with Gasteiger partial charge in [-0.1, -0.05) is 18.9 Å². The van der Waals surface area contributed by atoms with E-state index < -0.39 is 7.26 Å². The highest BCUT2D eigenvalue weighted by Crippen LogP contribution is 2.56. The van der Waals surface area contributed by atoms with Crippen LogP contribution in [0.1, 0.15) is 38.5 Å². The van der Waals surface area contributed by atoms with Crippen LogP contribution < -0.4 is 47.1 Å². The van der Waals surface area contributed by atoms with Gasteiger partial charge in [-0.25, -0.2) is 0 Å². The van der Waals surface area contributed by atoms with Gasteiger partial charge in [0.15, 0.2) is 0 Å². The summed E-state index contributed by atoms with van der Waals surface area (Å²) in [6.45, 7) is 3.84. The van der Waals surface area contributed by atoms with Gasteiger partial charge in [-0.3, -0.25) is 0 Å². The molecule has 0 radical (unpaired) electrons. The van der Waals surface area contributed by atoms with Gasteiger partial charge in [-0.05, 0) is 98.5 Å². The molecule has 0 N–H and O–H groups in total. The third-order valence-corrected chi connectivity index (χ3v) is 11.0. The van der Waals surface area contributed by atoms with E-state index in [0.29, 0.717) is 0 Å². The fourth-order valence-electron chi connectivity index (χ4n) is 4.51. The Morgan fingerprint density at radius 2 is 0.914 bits per heavy atom. The van der Waals surface area contributed by atoms with Crippen molar-refractivity contribution in [2.75, 3.05) is 27.5 Å². The molecule has 0 amide bonds. The first kappa shape index (κ1) is 28.9. The number of hydrogen-bond acceptors (Lipinski definition) is 3. The molecule has 3 nitrogen and oxygen atoms in total. The summed E-state index contributed by atoms with van der Waals surface area (Å²) >= 11 is 0. The maximum atomic E-state index is 5.47. The van der Waals surface area contributed by atoms with Gasteiger partial charge < -0.3 is 31.2 Å². The van der Waals surface area contributed by atoms with Gasteiger partial charge in [0.1, 0.15) is 40.4 Å². The van der Waals surface area contributed by atoms with Crippen LogP contribution in [0, 0.1) is 0 Å². The van der Waals surface area contributed by atoms with Gasteiger partial charge in [0.25, 0.3) is 0 Å². The lowest BCUT2D eigenvalue weighted by Crippen LogP contribution is -3.00. The minimum Gasteiger partial charge on any atom is -1.00 e. The van der Waals surface area contributed by atoms with Gasteiger partial charge in [-0.2, -0.15) is 0 Å². The van der Waals surface area contributed by atoms with E-state index in [4.69, 9.17) is 14.2 Å². The smallest absolute Gasteiger partial charge is 0.119 e. The van der Waals surface area contributed by atoms with E-state index in [0.717, 1.165) is 29.8 Å². The fourth-order valence-corrected chi connectivity index (χ4v) is 8.85. The highest BCUT2D eigenvalue weighted by atomic mass is 79.9. The number of ether oxygens (including phenoxy) is 3. The molecule has 5 heteroatoms. The first-order valence-corrected chi connectivity index (χ1v) is 14.1. The maximum Gasteiger partial charge on any atom is 0.119 e. The van der Waals surface area contributed by atoms with Gasteiger partial charge in [0, 0.05) is 0 Å². The molecule has 0 saturated carbocycles. The molecule has 0 aromatic heterocycles. The lowest BCUT2D eigenvalue weighted by molar-refractivity contribution is -0.00000780. The Bertz CT molecular complexity index is 886. The summed E-state index contributed by atoms with van der Waals surface area (Å²) in [6.07, 6.45) is 10.5. The van der Waals surface area contributed by atoms with E-state index >= 15 is 0 Å². The number of unbranched alkanes of at least 4 members (excludes halogenated alkanes) is 5. The summed E-state index contributed by atoms with van der Waals surface area (Å²) in [5.41, 5.74) is 0. The van der Waals surface area contributed by atoms with Gasteiger partial charge in [0.05, 0.1) is 27.5 Å². The number of allylic oxidation sites excluding steroid dienone is 1. The number of methoxy groups -OCH3 is 3. The van der Waals surface area contributed by atoms with Crippen molar-refractivity contribution in [1.29, 1.82) is 0 Å². The summed E-state index contributed by atoms with van der Waals surface area (Å²) < 4.78 is 16.4. The van der Waals surface area contributed by atoms with Crippen molar-refractivity contribution >= 4 is 23.2 Å². The van der Waals surface area contributed by atoms with Crippen LogP contribution in [0.5, 0.6) is 17.2 Å². The molecule has 188 valence electrons. The van der Waals surface area contributed by atoms with Crippen molar-refractivity contribution in [2.24, 2.45) is 0 Å². The van der Waals surface area contributed by atoms with Crippen molar-refractivity contribution in [3.63, 3.8) is 0 Å². The van der Waals surface area contributed by atoms with Crippen molar-refractivity contribution < 1.29 is 31.2 Å². The second kappa shape index (κ2) is 15.0. The number of hydrogen-bond donors (Lipinski definition) is 0. The lowest BCUT2D eigenvalue weighted by atomic mass is 10.1. The Morgan fingerprint density at radius 3 is 1.26 bits per heavy atom. The van der Waals surface area contributed by atoms with E-state index in [2.05, 4.69) is 79.4 Å². The summed E-state index contributed by atoms with van der Waals surface area (Å²) in [4.78, 5) is 0. The zero-order valence-electron chi connectivity index (χ0n) is 21.2. The molecule has 0 aliphatic carbocycles. The Morgan fingerprint density at radius 1 is 0.571 bits per heavy atom. The molecule has 0 heterocycles. The Balaban J connectivity index is 0.00000432. The van der Waals surface area contributed by atoms with Gasteiger partial charge in [0.2, 0.25) is 0 Å². The van der Waals surface area contributed by atoms with Crippen molar-refractivity contribution in [2.45, 2.75) is 38.5 Å². The molecule has 3 aromatic carbocycles. The van der Waals surface area contributed by atoms with Crippen LogP contribution >= 0.6 is 7.26 Å². The molecule has 0 unspecified atom stereocenters. The minimum absolute atomic E-state index is 0. The largest absolute Gasteiger partial charge is 1.00 e. The monoisotopic (exact) mass is 556 g/mol. The van der Waals surface area contributed by atoms with E-state index in [1.54, 1.807) is 21.3 Å². The molecular weight excluding hydrogens is 519 g/mol. The molecule has 0 aliphatic rings. The Hall–Kier alpha value is -2.29. The highest BCUT2D eigenvalue weighted by molar-refractivity contribution is 7.95. The SMILES string of the molecule is C=CCCCCCCC[P+](c1ccc(OC)cc1)(c1ccc(OC)cc1)c1ccc(OC)cc1.[Br-]. The second-order valence-corrected chi connectivity index (χ2v) is 12.1. The summed E-state index contributed by atoms with van der Waals surface area (Å²) in [5.74, 6) is 2.65. The lowest BCUT2D eigenvalue weighted by Gasteiger charge is -2.28. The van der Waals surface area contributed by atoms with Crippen LogP contribution in [0.3, 0.4) is 0 Å². The predicted octanol–water partition coefficient (Wildman–Crippen LogP) is 3.54. The first-order valence-electron chi connectivity index (χ1n) is 12.1. The highest BCUT2D eigenvalue weighted by Gasteiger charge is 2.44.